The molecule has 15 heteroatoms. The average Bonchev–Trinajstić information content (AvgIpc) is 3.74. The van der Waals surface area contributed by atoms with Crippen LogP contribution in [0.1, 0.15) is 44.2 Å². The Kier molecular flexibility index (Phi) is 9.38. The molecule has 0 amide bonds. The van der Waals surface area contributed by atoms with Crippen LogP contribution in [0.25, 0.3) is 11.1 Å². The number of rotatable bonds is 11. The minimum absolute atomic E-state index is 0.118. The fourth-order valence-electron chi connectivity index (χ4n) is 5.82. The van der Waals surface area contributed by atoms with Crippen LogP contribution in [0.2, 0.25) is 0 Å². The van der Waals surface area contributed by atoms with Crippen molar-refractivity contribution in [2.75, 3.05) is 38.2 Å². The van der Waals surface area contributed by atoms with Gasteiger partial charge >= 0.3 is 0 Å². The van der Waals surface area contributed by atoms with Gasteiger partial charge in [0.05, 0.1) is 37.6 Å². The Bertz CT molecular complexity index is 1630. The van der Waals surface area contributed by atoms with E-state index in [-0.39, 0.29) is 18.8 Å². The normalized spacial score (nSPS) is 19.3. The van der Waals surface area contributed by atoms with Crippen molar-refractivity contribution in [2.45, 2.75) is 57.3 Å². The molecule has 2 aliphatic rings. The number of tetrazole rings is 1. The van der Waals surface area contributed by atoms with Gasteiger partial charge in [0.1, 0.15) is 36.0 Å². The molecule has 2 fully saturated rings. The zero-order valence-corrected chi connectivity index (χ0v) is 25.0. The van der Waals surface area contributed by atoms with Gasteiger partial charge in [-0.25, -0.2) is 14.6 Å². The Morgan fingerprint density at radius 1 is 1.07 bits per heavy atom. The van der Waals surface area contributed by atoms with E-state index >= 15 is 0 Å². The van der Waals surface area contributed by atoms with Gasteiger partial charge in [0.2, 0.25) is 5.95 Å². The lowest BCUT2D eigenvalue weighted by atomic mass is 9.90. The van der Waals surface area contributed by atoms with Gasteiger partial charge in [-0.05, 0) is 60.7 Å². The summed E-state index contributed by atoms with van der Waals surface area (Å²) in [6, 6.07) is 10.4. The predicted molar refractivity (Wildman–Crippen MR) is 160 cm³/mol. The highest BCUT2D eigenvalue weighted by molar-refractivity contribution is 5.67. The number of ether oxygens (including phenoxy) is 3. The van der Waals surface area contributed by atoms with Crippen molar-refractivity contribution in [1.29, 1.82) is 10.5 Å². The highest BCUT2D eigenvalue weighted by Gasteiger charge is 2.29. The molecule has 1 saturated heterocycles. The van der Waals surface area contributed by atoms with E-state index in [2.05, 4.69) is 46.9 Å². The number of aromatic nitrogens is 8. The average molecular weight is 611 g/mol. The summed E-state index contributed by atoms with van der Waals surface area (Å²) in [7, 11) is 0. The molecule has 0 radical (unpaired) electrons. The van der Waals surface area contributed by atoms with Gasteiger partial charge in [-0.3, -0.25) is 9.58 Å². The van der Waals surface area contributed by atoms with Crippen molar-refractivity contribution >= 4 is 11.6 Å². The number of benzene rings is 1. The first-order valence-corrected chi connectivity index (χ1v) is 15.0. The van der Waals surface area contributed by atoms with Crippen LogP contribution in [-0.2, 0) is 11.3 Å². The highest BCUT2D eigenvalue weighted by Crippen LogP contribution is 2.35. The van der Waals surface area contributed by atoms with E-state index < -0.39 is 0 Å². The molecule has 4 aromatic rings. The first kappa shape index (κ1) is 29.9. The number of hydrogen-bond donors (Lipinski definition) is 1. The Morgan fingerprint density at radius 3 is 2.56 bits per heavy atom. The molecule has 3 aromatic heterocycles. The van der Waals surface area contributed by atoms with Gasteiger partial charge in [-0.1, -0.05) is 6.07 Å². The van der Waals surface area contributed by atoms with E-state index in [1.54, 1.807) is 29.2 Å². The second kappa shape index (κ2) is 14.1. The maximum absolute atomic E-state index is 9.61. The van der Waals surface area contributed by atoms with Crippen molar-refractivity contribution in [3.63, 3.8) is 0 Å². The van der Waals surface area contributed by atoms with E-state index in [0.717, 1.165) is 63.1 Å². The Hall–Kier alpha value is -5.12. The van der Waals surface area contributed by atoms with Crippen LogP contribution in [0, 0.1) is 22.7 Å². The molecule has 1 N–H and O–H groups in total. The molecule has 1 aromatic carbocycles. The molecule has 232 valence electrons. The molecule has 45 heavy (non-hydrogen) atoms. The molecule has 4 heterocycles. The maximum Gasteiger partial charge on any atom is 0.257 e. The number of hydrogen-bond acceptors (Lipinski definition) is 13. The number of nitrogens with zero attached hydrogens (tertiary/aromatic N) is 11. The lowest BCUT2D eigenvalue weighted by Gasteiger charge is -2.38. The molecule has 1 aliphatic heterocycles. The molecule has 1 atom stereocenters. The molecule has 1 unspecified atom stereocenters. The smallest absolute Gasteiger partial charge is 0.257 e. The number of nitrogens with one attached hydrogen (secondary N) is 1. The number of morpholine rings is 1. The van der Waals surface area contributed by atoms with Gasteiger partial charge in [0, 0.05) is 37.1 Å². The van der Waals surface area contributed by atoms with E-state index in [1.807, 2.05) is 29.9 Å². The van der Waals surface area contributed by atoms with Gasteiger partial charge in [0.15, 0.2) is 6.61 Å². The van der Waals surface area contributed by atoms with Crippen LogP contribution in [0.5, 0.6) is 11.6 Å². The van der Waals surface area contributed by atoms with Gasteiger partial charge in [-0.2, -0.15) is 10.5 Å². The Morgan fingerprint density at radius 2 is 1.84 bits per heavy atom. The van der Waals surface area contributed by atoms with Crippen molar-refractivity contribution < 1.29 is 14.2 Å². The Labute approximate surface area is 260 Å². The van der Waals surface area contributed by atoms with E-state index in [4.69, 9.17) is 19.5 Å². The van der Waals surface area contributed by atoms with Crippen LogP contribution in [0.4, 0.5) is 11.6 Å². The van der Waals surface area contributed by atoms with E-state index in [9.17, 15) is 5.26 Å². The van der Waals surface area contributed by atoms with Gasteiger partial charge in [-0.15, -0.1) is 10.2 Å². The third-order valence-corrected chi connectivity index (χ3v) is 8.07. The standard InChI is InChI=1S/C30H34N12O3/c1-21(18-41-20-35-38-39-41)45-28-14-22(2-3-23(28)15-32)24-16-33-30(34-17-24)36-27-19-42(37-29(27)44-11-8-31)26-6-4-25(5-7-26)40-9-12-43-13-10-40/h2-3,14,16-17,19-21,25-26H,4-7,9-13,18H2,1H3,(H,33,34,36). The van der Waals surface area contributed by atoms with Crippen molar-refractivity contribution in [2.24, 2.45) is 0 Å². The van der Waals surface area contributed by atoms with Crippen LogP contribution >= 0.6 is 0 Å². The monoisotopic (exact) mass is 610 g/mol. The molecule has 1 saturated carbocycles. The molecule has 0 bridgehead atoms. The molecular weight excluding hydrogens is 576 g/mol. The molecule has 15 nitrogen and oxygen atoms in total. The quantitative estimate of drug-likeness (QED) is 0.262. The van der Waals surface area contributed by atoms with Gasteiger partial charge in [0.25, 0.3) is 5.88 Å². The molecular formula is C30H34N12O3. The topological polar surface area (TPSA) is 178 Å². The second-order valence-electron chi connectivity index (χ2n) is 11.1. The summed E-state index contributed by atoms with van der Waals surface area (Å²) in [5, 5.41) is 37.7. The summed E-state index contributed by atoms with van der Waals surface area (Å²) >= 11 is 0. The number of nitriles is 2. The lowest BCUT2D eigenvalue weighted by molar-refractivity contribution is 0.00503. The summed E-state index contributed by atoms with van der Waals surface area (Å²) in [5.41, 5.74) is 2.55. The summed E-state index contributed by atoms with van der Waals surface area (Å²) in [4.78, 5) is 11.6. The number of anilines is 2. The summed E-state index contributed by atoms with van der Waals surface area (Å²) in [6.45, 7) is 5.80. The van der Waals surface area contributed by atoms with Crippen LogP contribution < -0.4 is 14.8 Å². The van der Waals surface area contributed by atoms with Gasteiger partial charge < -0.3 is 19.5 Å². The second-order valence-corrected chi connectivity index (χ2v) is 11.1. The lowest BCUT2D eigenvalue weighted by Crippen LogP contribution is -2.45. The summed E-state index contributed by atoms with van der Waals surface area (Å²) in [6.07, 6.45) is 10.8. The fraction of sp³-hybridized carbons (Fsp3) is 0.467. The zero-order chi connectivity index (χ0) is 31.0. The van der Waals surface area contributed by atoms with E-state index in [1.165, 1.54) is 6.33 Å². The van der Waals surface area contributed by atoms with Crippen LogP contribution in [0.3, 0.4) is 0 Å². The van der Waals surface area contributed by atoms with Crippen molar-refractivity contribution in [3.05, 3.63) is 48.7 Å². The third-order valence-electron chi connectivity index (χ3n) is 8.07. The summed E-state index contributed by atoms with van der Waals surface area (Å²) in [5.74, 6) is 1.14. The molecule has 1 aliphatic carbocycles. The summed E-state index contributed by atoms with van der Waals surface area (Å²) < 4.78 is 20.7. The molecule has 6 rings (SSSR count). The van der Waals surface area contributed by atoms with Crippen LogP contribution in [0.15, 0.2) is 43.1 Å². The highest BCUT2D eigenvalue weighted by atomic mass is 16.5. The first-order chi connectivity index (χ1) is 22.1. The van der Waals surface area contributed by atoms with E-state index in [0.29, 0.717) is 41.4 Å². The largest absolute Gasteiger partial charge is 0.487 e. The van der Waals surface area contributed by atoms with Crippen molar-refractivity contribution in [3.8, 4) is 34.9 Å². The molecule has 0 spiro atoms. The van der Waals surface area contributed by atoms with Crippen molar-refractivity contribution in [1.82, 2.24) is 44.9 Å². The SMILES string of the molecule is CC(Cn1cnnn1)Oc1cc(-c2cnc(Nc3cn(C4CCC(N5CCOCC5)CC4)nc3OCC#N)nc2)ccc1C#N. The Balaban J connectivity index is 1.13. The minimum atomic E-state index is -0.281. The first-order valence-electron chi connectivity index (χ1n) is 15.0. The predicted octanol–water partition coefficient (Wildman–Crippen LogP) is 3.13. The fourth-order valence-corrected chi connectivity index (χ4v) is 5.82. The zero-order valence-electron chi connectivity index (χ0n) is 25.0. The van der Waals surface area contributed by atoms with Crippen LogP contribution in [-0.4, -0.2) is 89.9 Å². The minimum Gasteiger partial charge on any atom is -0.487 e. The maximum atomic E-state index is 9.61. The third kappa shape index (κ3) is 7.34.